The normalized spacial score (nSPS) is 12.6. The SMILES string of the molecule is CCOC(=O)c1c(C(F)(F)Cl)n[nH]c1C(F)(F)Cl. The molecule has 10 heteroatoms. The molecule has 0 spiro atoms. The number of carbonyl (C=O) groups excluding carboxylic acids is 1. The maximum absolute atomic E-state index is 12.9. The van der Waals surface area contributed by atoms with Gasteiger partial charge in [-0.05, 0) is 30.1 Å². The van der Waals surface area contributed by atoms with Crippen LogP contribution in [0.3, 0.4) is 0 Å². The minimum absolute atomic E-state index is 0.204. The molecule has 0 unspecified atom stereocenters. The van der Waals surface area contributed by atoms with E-state index in [-0.39, 0.29) is 6.61 Å². The quantitative estimate of drug-likeness (QED) is 0.528. The molecule has 0 aromatic carbocycles. The largest absolute Gasteiger partial charge is 0.462 e. The van der Waals surface area contributed by atoms with Gasteiger partial charge in [-0.2, -0.15) is 22.7 Å². The summed E-state index contributed by atoms with van der Waals surface area (Å²) in [5.74, 6) is -1.42. The van der Waals surface area contributed by atoms with E-state index in [1.54, 1.807) is 5.10 Å². The number of carbonyl (C=O) groups is 1. The van der Waals surface area contributed by atoms with Gasteiger partial charge in [-0.15, -0.1) is 0 Å². The van der Waals surface area contributed by atoms with Gasteiger partial charge in [0.25, 0.3) is 0 Å². The van der Waals surface area contributed by atoms with Crippen LogP contribution in [0.25, 0.3) is 0 Å². The Morgan fingerprint density at radius 2 is 1.89 bits per heavy atom. The lowest BCUT2D eigenvalue weighted by atomic mass is 10.2. The van der Waals surface area contributed by atoms with Gasteiger partial charge in [0.05, 0.1) is 6.61 Å². The van der Waals surface area contributed by atoms with Gasteiger partial charge in [0.1, 0.15) is 11.3 Å². The van der Waals surface area contributed by atoms with Crippen molar-refractivity contribution in [1.82, 2.24) is 10.2 Å². The third-order valence-corrected chi connectivity index (χ3v) is 2.17. The maximum atomic E-state index is 12.9. The first-order chi connectivity index (χ1) is 8.09. The lowest BCUT2D eigenvalue weighted by Crippen LogP contribution is -2.17. The van der Waals surface area contributed by atoms with Crippen molar-refractivity contribution in [2.45, 2.75) is 17.7 Å². The molecular formula is C8H6Cl2F4N2O2. The number of hydrogen-bond acceptors (Lipinski definition) is 3. The number of rotatable bonds is 4. The van der Waals surface area contributed by atoms with E-state index in [1.165, 1.54) is 6.92 Å². The van der Waals surface area contributed by atoms with Crippen molar-refractivity contribution < 1.29 is 27.1 Å². The van der Waals surface area contributed by atoms with Crippen molar-refractivity contribution in [3.8, 4) is 0 Å². The molecule has 102 valence electrons. The van der Waals surface area contributed by atoms with Crippen LogP contribution in [0.2, 0.25) is 0 Å². The van der Waals surface area contributed by atoms with E-state index in [0.717, 1.165) is 0 Å². The number of aromatic amines is 1. The van der Waals surface area contributed by atoms with Crippen LogP contribution in [-0.4, -0.2) is 22.8 Å². The molecule has 0 aliphatic heterocycles. The highest BCUT2D eigenvalue weighted by Gasteiger charge is 2.44. The summed E-state index contributed by atoms with van der Waals surface area (Å²) in [6.45, 7) is 1.17. The molecular weight excluding hydrogens is 303 g/mol. The van der Waals surface area contributed by atoms with Crippen LogP contribution in [0, 0.1) is 0 Å². The van der Waals surface area contributed by atoms with Crippen LogP contribution in [0.5, 0.6) is 0 Å². The maximum Gasteiger partial charge on any atom is 0.367 e. The van der Waals surface area contributed by atoms with Crippen molar-refractivity contribution in [1.29, 1.82) is 0 Å². The molecule has 1 aromatic rings. The fourth-order valence-electron chi connectivity index (χ4n) is 1.15. The summed E-state index contributed by atoms with van der Waals surface area (Å²) in [5, 5.41) is -3.75. The zero-order valence-electron chi connectivity index (χ0n) is 8.74. The van der Waals surface area contributed by atoms with Crippen molar-refractivity contribution in [2.75, 3.05) is 6.61 Å². The first-order valence-electron chi connectivity index (χ1n) is 4.49. The first kappa shape index (κ1) is 15.0. The molecule has 4 nitrogen and oxygen atoms in total. The summed E-state index contributed by atoms with van der Waals surface area (Å²) in [4.78, 5) is 11.4. The zero-order valence-corrected chi connectivity index (χ0v) is 10.3. The lowest BCUT2D eigenvalue weighted by molar-refractivity contribution is 0.0470. The van der Waals surface area contributed by atoms with E-state index >= 15 is 0 Å². The van der Waals surface area contributed by atoms with Crippen molar-refractivity contribution in [3.05, 3.63) is 17.0 Å². The smallest absolute Gasteiger partial charge is 0.367 e. The van der Waals surface area contributed by atoms with Crippen LogP contribution in [-0.2, 0) is 15.5 Å². The van der Waals surface area contributed by atoms with Gasteiger partial charge in [0.2, 0.25) is 0 Å². The van der Waals surface area contributed by atoms with Gasteiger partial charge in [-0.3, -0.25) is 5.10 Å². The number of esters is 1. The molecule has 0 saturated carbocycles. The summed E-state index contributed by atoms with van der Waals surface area (Å²) >= 11 is 9.33. The summed E-state index contributed by atoms with van der Waals surface area (Å²) in [6, 6.07) is 0. The molecule has 1 N–H and O–H groups in total. The standard InChI is InChI=1S/C8H6Cl2F4N2O2/c1-2-18-6(17)3-4(7(9,11)12)15-16-5(3)8(10,13)14/h2H2,1H3,(H,15,16). The average Bonchev–Trinajstić information content (AvgIpc) is 2.60. The second kappa shape index (κ2) is 4.93. The van der Waals surface area contributed by atoms with E-state index in [0.29, 0.717) is 0 Å². The third-order valence-electron chi connectivity index (χ3n) is 1.80. The summed E-state index contributed by atoms with van der Waals surface area (Å²) in [6.07, 6.45) is 0. The van der Waals surface area contributed by atoms with Crippen molar-refractivity contribution >= 4 is 29.2 Å². The van der Waals surface area contributed by atoms with Gasteiger partial charge >= 0.3 is 16.7 Å². The monoisotopic (exact) mass is 308 g/mol. The highest BCUT2D eigenvalue weighted by atomic mass is 35.5. The van der Waals surface area contributed by atoms with Crippen molar-refractivity contribution in [3.63, 3.8) is 0 Å². The van der Waals surface area contributed by atoms with E-state index in [2.05, 4.69) is 33.0 Å². The zero-order chi connectivity index (χ0) is 14.1. The summed E-state index contributed by atoms with van der Waals surface area (Å²) in [5.41, 5.74) is -3.83. The van der Waals surface area contributed by atoms with Crippen LogP contribution >= 0.6 is 23.2 Å². The van der Waals surface area contributed by atoms with Crippen LogP contribution in [0.15, 0.2) is 0 Å². The number of H-pyrrole nitrogens is 1. The predicted molar refractivity (Wildman–Crippen MR) is 54.0 cm³/mol. The summed E-state index contributed by atoms with van der Waals surface area (Å²) in [7, 11) is 0. The Bertz CT molecular complexity index is 421. The topological polar surface area (TPSA) is 55.0 Å². The number of hydrogen-bond donors (Lipinski definition) is 1. The van der Waals surface area contributed by atoms with Gasteiger partial charge in [0, 0.05) is 0 Å². The second-order valence-electron chi connectivity index (χ2n) is 3.04. The van der Waals surface area contributed by atoms with E-state index in [9.17, 15) is 22.4 Å². The van der Waals surface area contributed by atoms with Gasteiger partial charge < -0.3 is 4.74 Å². The minimum atomic E-state index is -4.11. The molecule has 0 aliphatic carbocycles. The van der Waals surface area contributed by atoms with Crippen LogP contribution in [0.4, 0.5) is 17.6 Å². The Morgan fingerprint density at radius 3 is 2.28 bits per heavy atom. The molecule has 0 fully saturated rings. The molecule has 0 saturated heterocycles. The molecule has 1 rings (SSSR count). The lowest BCUT2D eigenvalue weighted by Gasteiger charge is -2.10. The van der Waals surface area contributed by atoms with Gasteiger partial charge in [-0.1, -0.05) is 0 Å². The fraction of sp³-hybridized carbons (Fsp3) is 0.500. The number of alkyl halides is 6. The van der Waals surface area contributed by atoms with E-state index < -0.39 is 33.7 Å². The molecule has 0 bridgehead atoms. The van der Waals surface area contributed by atoms with Crippen LogP contribution < -0.4 is 0 Å². The number of aromatic nitrogens is 2. The predicted octanol–water partition coefficient (Wildman–Crippen LogP) is 3.16. The number of nitrogens with zero attached hydrogens (tertiary/aromatic N) is 1. The van der Waals surface area contributed by atoms with Gasteiger partial charge in [0.15, 0.2) is 5.69 Å². The number of halogens is 6. The number of nitrogens with one attached hydrogen (secondary N) is 1. The Hall–Kier alpha value is -1.02. The molecule has 0 atom stereocenters. The van der Waals surface area contributed by atoms with Crippen molar-refractivity contribution in [2.24, 2.45) is 0 Å². The molecule has 1 heterocycles. The van der Waals surface area contributed by atoms with E-state index in [4.69, 9.17) is 0 Å². The Kier molecular flexibility index (Phi) is 4.12. The van der Waals surface area contributed by atoms with E-state index in [1.807, 2.05) is 0 Å². The highest BCUT2D eigenvalue weighted by Crippen LogP contribution is 2.40. The number of ether oxygens (including phenoxy) is 1. The second-order valence-corrected chi connectivity index (χ2v) is 3.99. The third kappa shape index (κ3) is 3.05. The van der Waals surface area contributed by atoms with Gasteiger partial charge in [-0.25, -0.2) is 4.79 Å². The average molecular weight is 309 g/mol. The molecule has 0 aliphatic rings. The first-order valence-corrected chi connectivity index (χ1v) is 5.24. The Morgan fingerprint density at radius 1 is 1.33 bits per heavy atom. The Labute approximate surface area is 108 Å². The Balaban J connectivity index is 3.40. The highest BCUT2D eigenvalue weighted by molar-refractivity contribution is 6.23. The minimum Gasteiger partial charge on any atom is -0.462 e. The molecule has 0 amide bonds. The molecule has 0 radical (unpaired) electrons. The summed E-state index contributed by atoms with van der Waals surface area (Å²) < 4.78 is 56.0. The fourth-order valence-corrected chi connectivity index (χ4v) is 1.43. The molecule has 1 aromatic heterocycles. The molecule has 18 heavy (non-hydrogen) atoms. The van der Waals surface area contributed by atoms with Crippen LogP contribution in [0.1, 0.15) is 28.7 Å².